The van der Waals surface area contributed by atoms with Crippen LogP contribution in [0.2, 0.25) is 0 Å². The molecular formula is C27H29N3O7S. The van der Waals surface area contributed by atoms with Crippen LogP contribution in [-0.4, -0.2) is 39.0 Å². The third kappa shape index (κ3) is 6.23. The van der Waals surface area contributed by atoms with Crippen LogP contribution in [0.25, 0.3) is 0 Å². The van der Waals surface area contributed by atoms with E-state index in [0.29, 0.717) is 22.7 Å². The Bertz CT molecular complexity index is 1400. The van der Waals surface area contributed by atoms with Crippen LogP contribution in [0.1, 0.15) is 31.2 Å². The normalized spacial score (nSPS) is 13.6. The molecule has 3 aromatic carbocycles. The summed E-state index contributed by atoms with van der Waals surface area (Å²) in [6.45, 7) is 0.962. The van der Waals surface area contributed by atoms with E-state index in [1.165, 1.54) is 38.3 Å². The molecule has 4 rings (SSSR count). The molecule has 10 nitrogen and oxygen atoms in total. The molecule has 1 aliphatic carbocycles. The fourth-order valence-corrected chi connectivity index (χ4v) is 5.73. The highest BCUT2D eigenvalue weighted by atomic mass is 32.2. The highest BCUT2D eigenvalue weighted by Crippen LogP contribution is 2.29. The number of rotatable bonds is 10. The first-order valence-electron chi connectivity index (χ1n) is 12.2. The fraction of sp³-hybridized carbons (Fsp3) is 0.296. The van der Waals surface area contributed by atoms with Gasteiger partial charge in [0, 0.05) is 17.3 Å². The lowest BCUT2D eigenvalue weighted by atomic mass is 10.2. The predicted molar refractivity (Wildman–Crippen MR) is 143 cm³/mol. The third-order valence-electron chi connectivity index (χ3n) is 6.36. The van der Waals surface area contributed by atoms with Gasteiger partial charge in [-0.1, -0.05) is 6.07 Å². The van der Waals surface area contributed by atoms with Crippen molar-refractivity contribution in [3.63, 3.8) is 0 Å². The fourth-order valence-electron chi connectivity index (χ4n) is 4.28. The second-order valence-electron chi connectivity index (χ2n) is 9.01. The maximum atomic E-state index is 13.6. The molecule has 38 heavy (non-hydrogen) atoms. The van der Waals surface area contributed by atoms with Gasteiger partial charge in [-0.3, -0.25) is 19.2 Å². The van der Waals surface area contributed by atoms with Crippen molar-refractivity contribution in [2.75, 3.05) is 23.3 Å². The van der Waals surface area contributed by atoms with Gasteiger partial charge in [-0.15, -0.1) is 0 Å². The molecule has 0 radical (unpaired) electrons. The predicted octanol–water partition coefficient (Wildman–Crippen LogP) is 5.07. The number of sulfonamides is 1. The summed E-state index contributed by atoms with van der Waals surface area (Å²) < 4.78 is 39.3. The van der Waals surface area contributed by atoms with Crippen molar-refractivity contribution in [1.82, 2.24) is 0 Å². The van der Waals surface area contributed by atoms with Gasteiger partial charge in [-0.2, -0.15) is 0 Å². The summed E-state index contributed by atoms with van der Waals surface area (Å²) in [5.41, 5.74) is 0.671. The first kappa shape index (κ1) is 26.9. The molecule has 0 bridgehead atoms. The number of ether oxygens (including phenoxy) is 2. The van der Waals surface area contributed by atoms with Crippen LogP contribution >= 0.6 is 0 Å². The smallest absolute Gasteiger partial charge is 0.273 e. The molecule has 1 N–H and O–H groups in total. The molecule has 1 aliphatic rings. The molecule has 200 valence electrons. The lowest BCUT2D eigenvalue weighted by molar-refractivity contribution is -0.385. The van der Waals surface area contributed by atoms with Gasteiger partial charge >= 0.3 is 0 Å². The lowest BCUT2D eigenvalue weighted by Crippen LogP contribution is -2.38. The Kier molecular flexibility index (Phi) is 8.16. The van der Waals surface area contributed by atoms with Crippen LogP contribution < -0.4 is 19.1 Å². The summed E-state index contributed by atoms with van der Waals surface area (Å²) in [6.07, 6.45) is 4.57. The van der Waals surface area contributed by atoms with Gasteiger partial charge in [0.2, 0.25) is 5.91 Å². The van der Waals surface area contributed by atoms with Gasteiger partial charge in [-0.05, 0) is 87.2 Å². The quantitative estimate of drug-likeness (QED) is 0.281. The van der Waals surface area contributed by atoms with Crippen molar-refractivity contribution in [2.24, 2.45) is 0 Å². The molecule has 0 saturated heterocycles. The number of nitrogens with zero attached hydrogens (tertiary/aromatic N) is 2. The van der Waals surface area contributed by atoms with E-state index < -0.39 is 27.4 Å². The van der Waals surface area contributed by atoms with Gasteiger partial charge in [0.15, 0.2) is 0 Å². The molecule has 0 unspecified atom stereocenters. The standard InChI is InChI=1S/C27H29N3O7S/c1-19-7-16-25(17-26(19)30(32)33)38(34,35)29(21-10-14-22(36-2)15-11-21)18-27(31)28-20-8-12-24(13-9-20)37-23-5-3-4-6-23/h7-17,23H,3-6,18H2,1-2H3,(H,28,31). The highest BCUT2D eigenvalue weighted by Gasteiger charge is 2.29. The summed E-state index contributed by atoms with van der Waals surface area (Å²) in [7, 11) is -2.87. The molecule has 1 fully saturated rings. The van der Waals surface area contributed by atoms with Crippen molar-refractivity contribution < 1.29 is 27.6 Å². The maximum Gasteiger partial charge on any atom is 0.273 e. The minimum atomic E-state index is -4.35. The number of carbonyl (C=O) groups excluding carboxylic acids is 1. The molecule has 0 heterocycles. The minimum absolute atomic E-state index is 0.199. The summed E-state index contributed by atoms with van der Waals surface area (Å²) in [5.74, 6) is 0.621. The van der Waals surface area contributed by atoms with Crippen molar-refractivity contribution in [3.05, 3.63) is 82.4 Å². The molecule has 0 atom stereocenters. The number of nitro benzene ring substituents is 1. The number of carbonyl (C=O) groups is 1. The molecule has 11 heteroatoms. The van der Waals surface area contributed by atoms with Crippen LogP contribution in [0.3, 0.4) is 0 Å². The Morgan fingerprint density at radius 1 is 1.03 bits per heavy atom. The minimum Gasteiger partial charge on any atom is -0.497 e. The summed E-state index contributed by atoms with van der Waals surface area (Å²) >= 11 is 0. The molecule has 0 spiro atoms. The molecule has 0 aliphatic heterocycles. The number of methoxy groups -OCH3 is 1. The topological polar surface area (TPSA) is 128 Å². The number of aryl methyl sites for hydroxylation is 1. The molecule has 0 aromatic heterocycles. The Morgan fingerprint density at radius 2 is 1.66 bits per heavy atom. The number of benzene rings is 3. The van der Waals surface area contributed by atoms with E-state index in [1.54, 1.807) is 36.4 Å². The monoisotopic (exact) mass is 539 g/mol. The first-order valence-corrected chi connectivity index (χ1v) is 13.6. The zero-order valence-electron chi connectivity index (χ0n) is 21.1. The van der Waals surface area contributed by atoms with Crippen molar-refractivity contribution >= 4 is 33.0 Å². The van der Waals surface area contributed by atoms with Crippen LogP contribution in [0, 0.1) is 17.0 Å². The Hall–Kier alpha value is -4.12. The Morgan fingerprint density at radius 3 is 2.26 bits per heavy atom. The number of hydrogen-bond acceptors (Lipinski definition) is 7. The van der Waals surface area contributed by atoms with Crippen molar-refractivity contribution in [1.29, 1.82) is 0 Å². The van der Waals surface area contributed by atoms with Crippen LogP contribution in [0.15, 0.2) is 71.6 Å². The van der Waals surface area contributed by atoms with Crippen LogP contribution in [0.5, 0.6) is 11.5 Å². The number of nitro groups is 1. The summed E-state index contributed by atoms with van der Waals surface area (Å²) in [5, 5.41) is 14.1. The van der Waals surface area contributed by atoms with Gasteiger partial charge < -0.3 is 14.8 Å². The number of anilines is 2. The summed E-state index contributed by atoms with van der Waals surface area (Å²) in [6, 6.07) is 16.7. The largest absolute Gasteiger partial charge is 0.497 e. The second-order valence-corrected chi connectivity index (χ2v) is 10.9. The van der Waals surface area contributed by atoms with E-state index >= 15 is 0 Å². The van der Waals surface area contributed by atoms with Gasteiger partial charge in [0.1, 0.15) is 18.0 Å². The van der Waals surface area contributed by atoms with Crippen LogP contribution in [0.4, 0.5) is 17.1 Å². The third-order valence-corrected chi connectivity index (χ3v) is 8.13. The van der Waals surface area contributed by atoms with E-state index in [1.807, 2.05) is 0 Å². The zero-order valence-corrected chi connectivity index (χ0v) is 21.9. The molecule has 3 aromatic rings. The van der Waals surface area contributed by atoms with Gasteiger partial charge in [-0.25, -0.2) is 8.42 Å². The Balaban J connectivity index is 1.57. The average Bonchev–Trinajstić information content (AvgIpc) is 3.41. The Labute approximate surface area is 221 Å². The van der Waals surface area contributed by atoms with Gasteiger partial charge in [0.25, 0.3) is 15.7 Å². The van der Waals surface area contributed by atoms with E-state index in [9.17, 15) is 23.3 Å². The van der Waals surface area contributed by atoms with E-state index in [2.05, 4.69) is 5.32 Å². The highest BCUT2D eigenvalue weighted by molar-refractivity contribution is 7.92. The first-order chi connectivity index (χ1) is 18.2. The van der Waals surface area contributed by atoms with E-state index in [0.717, 1.165) is 36.1 Å². The maximum absolute atomic E-state index is 13.6. The zero-order chi connectivity index (χ0) is 27.3. The number of hydrogen-bond donors (Lipinski definition) is 1. The average molecular weight is 540 g/mol. The molecule has 1 amide bonds. The molecular weight excluding hydrogens is 510 g/mol. The molecule has 1 saturated carbocycles. The lowest BCUT2D eigenvalue weighted by Gasteiger charge is -2.24. The van der Waals surface area contributed by atoms with E-state index in [4.69, 9.17) is 9.47 Å². The van der Waals surface area contributed by atoms with Crippen LogP contribution in [-0.2, 0) is 14.8 Å². The second kappa shape index (κ2) is 11.5. The number of nitrogens with one attached hydrogen (secondary N) is 1. The SMILES string of the molecule is COc1ccc(N(CC(=O)Nc2ccc(OC3CCCC3)cc2)S(=O)(=O)c2ccc(C)c([N+](=O)[O-])c2)cc1. The van der Waals surface area contributed by atoms with Crippen molar-refractivity contribution in [3.8, 4) is 11.5 Å². The summed E-state index contributed by atoms with van der Waals surface area (Å²) in [4.78, 5) is 23.5. The van der Waals surface area contributed by atoms with E-state index in [-0.39, 0.29) is 22.4 Å². The van der Waals surface area contributed by atoms with Gasteiger partial charge in [0.05, 0.1) is 28.7 Å². The van der Waals surface area contributed by atoms with Crippen molar-refractivity contribution in [2.45, 2.75) is 43.6 Å². The number of amides is 1.